The van der Waals surface area contributed by atoms with Gasteiger partial charge in [0.1, 0.15) is 11.4 Å². The Bertz CT molecular complexity index is 734. The fourth-order valence-corrected chi connectivity index (χ4v) is 3.18. The summed E-state index contributed by atoms with van der Waals surface area (Å²) < 4.78 is 6.11. The van der Waals surface area contributed by atoms with Gasteiger partial charge in [0.15, 0.2) is 5.78 Å². The number of pyridine rings is 1. The van der Waals surface area contributed by atoms with E-state index < -0.39 is 0 Å². The SMILES string of the molecule is CC(=O)c1ccc2c(c1)C(c1ncccc1C)CC(C)(C)O2. The molecule has 3 rings (SSSR count). The van der Waals surface area contributed by atoms with Gasteiger partial charge in [0.25, 0.3) is 0 Å². The molecule has 3 nitrogen and oxygen atoms in total. The van der Waals surface area contributed by atoms with E-state index in [2.05, 4.69) is 31.8 Å². The number of Topliss-reactive ketones (excluding diaryl/α,β-unsaturated/α-hetero) is 1. The van der Waals surface area contributed by atoms with E-state index in [0.29, 0.717) is 0 Å². The third-order valence-electron chi connectivity index (χ3n) is 4.25. The number of hydrogen-bond acceptors (Lipinski definition) is 3. The van der Waals surface area contributed by atoms with Crippen molar-refractivity contribution in [3.05, 3.63) is 58.9 Å². The second-order valence-electron chi connectivity index (χ2n) is 6.63. The van der Waals surface area contributed by atoms with Crippen LogP contribution in [0.5, 0.6) is 5.75 Å². The molecule has 0 fully saturated rings. The summed E-state index contributed by atoms with van der Waals surface area (Å²) in [6.45, 7) is 7.87. The van der Waals surface area contributed by atoms with Crippen LogP contribution in [0.1, 0.15) is 60.3 Å². The number of fused-ring (bicyclic) bond motifs is 1. The number of benzene rings is 1. The van der Waals surface area contributed by atoms with Crippen LogP contribution in [0.3, 0.4) is 0 Å². The zero-order valence-corrected chi connectivity index (χ0v) is 13.5. The third-order valence-corrected chi connectivity index (χ3v) is 4.25. The molecule has 0 spiro atoms. The van der Waals surface area contributed by atoms with E-state index in [0.717, 1.165) is 29.0 Å². The number of rotatable bonds is 2. The van der Waals surface area contributed by atoms with Crippen molar-refractivity contribution < 1.29 is 9.53 Å². The lowest BCUT2D eigenvalue weighted by atomic mass is 9.80. The van der Waals surface area contributed by atoms with Crippen molar-refractivity contribution in [2.24, 2.45) is 0 Å². The topological polar surface area (TPSA) is 39.2 Å². The first-order chi connectivity index (χ1) is 10.4. The highest BCUT2D eigenvalue weighted by Gasteiger charge is 2.36. The fourth-order valence-electron chi connectivity index (χ4n) is 3.18. The Morgan fingerprint density at radius 3 is 2.77 bits per heavy atom. The first-order valence-corrected chi connectivity index (χ1v) is 7.63. The number of nitrogens with zero attached hydrogens (tertiary/aromatic N) is 1. The lowest BCUT2D eigenvalue weighted by Gasteiger charge is -2.38. The largest absolute Gasteiger partial charge is 0.488 e. The summed E-state index contributed by atoms with van der Waals surface area (Å²) in [6.07, 6.45) is 2.68. The molecule has 2 aromatic rings. The van der Waals surface area contributed by atoms with Crippen LogP contribution >= 0.6 is 0 Å². The van der Waals surface area contributed by atoms with Crippen molar-refractivity contribution in [1.82, 2.24) is 4.98 Å². The van der Waals surface area contributed by atoms with Crippen molar-refractivity contribution in [3.8, 4) is 5.75 Å². The van der Waals surface area contributed by atoms with Crippen molar-refractivity contribution in [3.63, 3.8) is 0 Å². The molecule has 114 valence electrons. The van der Waals surface area contributed by atoms with E-state index in [1.165, 1.54) is 5.56 Å². The molecule has 0 saturated heterocycles. The number of aromatic nitrogens is 1. The number of ether oxygens (including phenoxy) is 1. The van der Waals surface area contributed by atoms with Crippen LogP contribution in [-0.2, 0) is 0 Å². The molecule has 1 aliphatic rings. The van der Waals surface area contributed by atoms with Crippen molar-refractivity contribution in [2.75, 3.05) is 0 Å². The highest BCUT2D eigenvalue weighted by atomic mass is 16.5. The molecule has 2 heterocycles. The van der Waals surface area contributed by atoms with Gasteiger partial charge in [-0.3, -0.25) is 9.78 Å². The Kier molecular flexibility index (Phi) is 3.51. The standard InChI is InChI=1S/C19H21NO2/c1-12-6-5-9-20-18(12)16-11-19(3,4)22-17-8-7-14(13(2)21)10-15(16)17/h5-10,16H,11H2,1-4H3. The summed E-state index contributed by atoms with van der Waals surface area (Å²) in [4.78, 5) is 16.3. The molecule has 1 aliphatic heterocycles. The van der Waals surface area contributed by atoms with Crippen molar-refractivity contribution >= 4 is 5.78 Å². The molecule has 0 radical (unpaired) electrons. The second-order valence-corrected chi connectivity index (χ2v) is 6.63. The average Bonchev–Trinajstić information content (AvgIpc) is 2.45. The lowest BCUT2D eigenvalue weighted by molar-refractivity contribution is 0.0767. The Morgan fingerprint density at radius 1 is 1.32 bits per heavy atom. The smallest absolute Gasteiger partial charge is 0.159 e. The quantitative estimate of drug-likeness (QED) is 0.776. The van der Waals surface area contributed by atoms with Gasteiger partial charge in [0.2, 0.25) is 0 Å². The van der Waals surface area contributed by atoms with Gasteiger partial charge in [0, 0.05) is 23.2 Å². The van der Waals surface area contributed by atoms with Crippen LogP contribution < -0.4 is 4.74 Å². The summed E-state index contributed by atoms with van der Waals surface area (Å²) in [5.41, 5.74) is 3.78. The van der Waals surface area contributed by atoms with Gasteiger partial charge in [0.05, 0.1) is 5.69 Å². The summed E-state index contributed by atoms with van der Waals surface area (Å²) in [7, 11) is 0. The molecular weight excluding hydrogens is 274 g/mol. The van der Waals surface area contributed by atoms with Gasteiger partial charge < -0.3 is 4.74 Å². The molecule has 1 aromatic carbocycles. The second kappa shape index (κ2) is 5.24. The fraction of sp³-hybridized carbons (Fsp3) is 0.368. The predicted molar refractivity (Wildman–Crippen MR) is 86.6 cm³/mol. The molecule has 22 heavy (non-hydrogen) atoms. The molecule has 0 bridgehead atoms. The summed E-state index contributed by atoms with van der Waals surface area (Å²) in [6, 6.07) is 9.75. The molecule has 0 amide bonds. The van der Waals surface area contributed by atoms with E-state index in [-0.39, 0.29) is 17.3 Å². The molecule has 1 aromatic heterocycles. The van der Waals surface area contributed by atoms with Crippen LogP contribution in [0.15, 0.2) is 36.5 Å². The Morgan fingerprint density at radius 2 is 2.09 bits per heavy atom. The maximum atomic E-state index is 11.7. The normalized spacial score (nSPS) is 19.2. The van der Waals surface area contributed by atoms with E-state index in [1.807, 2.05) is 30.5 Å². The van der Waals surface area contributed by atoms with E-state index in [9.17, 15) is 4.79 Å². The molecule has 3 heteroatoms. The van der Waals surface area contributed by atoms with Crippen molar-refractivity contribution in [2.45, 2.75) is 45.6 Å². The Balaban J connectivity index is 2.17. The predicted octanol–water partition coefficient (Wildman–Crippen LogP) is 4.29. The lowest BCUT2D eigenvalue weighted by Crippen LogP contribution is -2.35. The van der Waals surface area contributed by atoms with Gasteiger partial charge in [-0.05, 0) is 63.9 Å². The Hall–Kier alpha value is -2.16. The van der Waals surface area contributed by atoms with E-state index >= 15 is 0 Å². The highest BCUT2D eigenvalue weighted by Crippen LogP contribution is 2.44. The van der Waals surface area contributed by atoms with Gasteiger partial charge in [-0.1, -0.05) is 6.07 Å². The van der Waals surface area contributed by atoms with Gasteiger partial charge in [-0.25, -0.2) is 0 Å². The first-order valence-electron chi connectivity index (χ1n) is 7.63. The first kappa shape index (κ1) is 14.8. The minimum Gasteiger partial charge on any atom is -0.488 e. The summed E-state index contributed by atoms with van der Waals surface area (Å²) in [5, 5.41) is 0. The molecular formula is C19H21NO2. The molecule has 1 unspecified atom stereocenters. The van der Waals surface area contributed by atoms with Crippen LogP contribution in [0.25, 0.3) is 0 Å². The summed E-state index contributed by atoms with van der Waals surface area (Å²) >= 11 is 0. The van der Waals surface area contributed by atoms with Crippen LogP contribution in [0.4, 0.5) is 0 Å². The van der Waals surface area contributed by atoms with Crippen molar-refractivity contribution in [1.29, 1.82) is 0 Å². The minimum absolute atomic E-state index is 0.0733. The molecule has 0 saturated carbocycles. The number of ketones is 1. The van der Waals surface area contributed by atoms with Crippen LogP contribution in [0, 0.1) is 6.92 Å². The minimum atomic E-state index is -0.251. The van der Waals surface area contributed by atoms with Gasteiger partial charge >= 0.3 is 0 Å². The molecule has 0 aliphatic carbocycles. The third kappa shape index (κ3) is 2.63. The highest BCUT2D eigenvalue weighted by molar-refractivity contribution is 5.94. The zero-order valence-electron chi connectivity index (χ0n) is 13.5. The van der Waals surface area contributed by atoms with Crippen LogP contribution in [0.2, 0.25) is 0 Å². The van der Waals surface area contributed by atoms with Gasteiger partial charge in [-0.15, -0.1) is 0 Å². The number of carbonyl (C=O) groups excluding carboxylic acids is 1. The van der Waals surface area contributed by atoms with Gasteiger partial charge in [-0.2, -0.15) is 0 Å². The molecule has 0 N–H and O–H groups in total. The number of carbonyl (C=O) groups is 1. The summed E-state index contributed by atoms with van der Waals surface area (Å²) in [5.74, 6) is 1.08. The number of hydrogen-bond donors (Lipinski definition) is 0. The monoisotopic (exact) mass is 295 g/mol. The zero-order chi connectivity index (χ0) is 15.9. The average molecular weight is 295 g/mol. The Labute approximate surface area is 131 Å². The maximum Gasteiger partial charge on any atom is 0.159 e. The molecule has 1 atom stereocenters. The van der Waals surface area contributed by atoms with E-state index in [1.54, 1.807) is 6.92 Å². The number of aryl methyl sites for hydroxylation is 1. The van der Waals surface area contributed by atoms with Crippen LogP contribution in [-0.4, -0.2) is 16.4 Å². The van der Waals surface area contributed by atoms with E-state index in [4.69, 9.17) is 4.74 Å². The maximum absolute atomic E-state index is 11.7.